The Bertz CT molecular complexity index is 1120. The zero-order valence-electron chi connectivity index (χ0n) is 17.7. The van der Waals surface area contributed by atoms with Crippen molar-refractivity contribution in [2.24, 2.45) is 5.92 Å². The summed E-state index contributed by atoms with van der Waals surface area (Å²) in [7, 11) is 0. The lowest BCUT2D eigenvalue weighted by molar-refractivity contribution is -0.124. The highest BCUT2D eigenvalue weighted by atomic mass is 16.1. The Balaban J connectivity index is 1.68. The predicted octanol–water partition coefficient (Wildman–Crippen LogP) is 3.85. The van der Waals surface area contributed by atoms with Gasteiger partial charge in [-0.1, -0.05) is 78.9 Å². The molecule has 1 aliphatic heterocycles. The first-order valence-electron chi connectivity index (χ1n) is 10.6. The summed E-state index contributed by atoms with van der Waals surface area (Å²) in [5.74, 6) is -0.715. The summed E-state index contributed by atoms with van der Waals surface area (Å²) in [4.78, 5) is 26.2. The Morgan fingerprint density at radius 1 is 1.00 bits per heavy atom. The molecular formula is C27H25N3O2. The molecule has 0 bridgehead atoms. The van der Waals surface area contributed by atoms with Gasteiger partial charge < -0.3 is 10.6 Å². The van der Waals surface area contributed by atoms with Crippen LogP contribution in [0.15, 0.2) is 97.6 Å². The maximum atomic E-state index is 13.9. The number of amides is 1. The fourth-order valence-corrected chi connectivity index (χ4v) is 4.25. The van der Waals surface area contributed by atoms with E-state index in [4.69, 9.17) is 5.41 Å². The Labute approximate surface area is 187 Å². The maximum Gasteiger partial charge on any atom is 0.251 e. The lowest BCUT2D eigenvalue weighted by Crippen LogP contribution is -2.44. The molecule has 5 heteroatoms. The molecule has 3 aromatic carbocycles. The number of carbonyl (C=O) groups excluding carboxylic acids is 2. The summed E-state index contributed by atoms with van der Waals surface area (Å²) in [6.45, 7) is 3.99. The molecular weight excluding hydrogens is 398 g/mol. The average molecular weight is 424 g/mol. The van der Waals surface area contributed by atoms with Crippen molar-refractivity contribution < 1.29 is 9.59 Å². The minimum Gasteiger partial charge on any atom is -0.354 e. The van der Waals surface area contributed by atoms with Crippen molar-refractivity contribution in [3.8, 4) is 0 Å². The number of rotatable bonds is 7. The normalized spacial score (nSPS) is 16.9. The highest BCUT2D eigenvalue weighted by molar-refractivity contribution is 6.16. The molecule has 1 amide bonds. The molecule has 0 spiro atoms. The molecule has 0 radical (unpaired) electrons. The molecule has 1 heterocycles. The lowest BCUT2D eigenvalue weighted by atomic mass is 9.77. The van der Waals surface area contributed by atoms with E-state index in [9.17, 15) is 9.59 Å². The summed E-state index contributed by atoms with van der Waals surface area (Å²) >= 11 is 0. The third kappa shape index (κ3) is 3.85. The van der Waals surface area contributed by atoms with Crippen LogP contribution in [0.5, 0.6) is 0 Å². The van der Waals surface area contributed by atoms with Crippen molar-refractivity contribution >= 4 is 17.5 Å². The molecule has 1 atom stereocenters. The molecule has 5 nitrogen and oxygen atoms in total. The summed E-state index contributed by atoms with van der Waals surface area (Å²) in [6.07, 6.45) is 1.97. The second-order valence-corrected chi connectivity index (χ2v) is 7.84. The quantitative estimate of drug-likeness (QED) is 0.505. The first-order chi connectivity index (χ1) is 15.6. The molecule has 0 saturated carbocycles. The Morgan fingerprint density at radius 2 is 1.62 bits per heavy atom. The van der Waals surface area contributed by atoms with Gasteiger partial charge in [-0.2, -0.15) is 0 Å². The smallest absolute Gasteiger partial charge is 0.251 e. The molecule has 32 heavy (non-hydrogen) atoms. The molecule has 160 valence electrons. The van der Waals surface area contributed by atoms with E-state index in [2.05, 4.69) is 17.2 Å². The van der Waals surface area contributed by atoms with E-state index in [-0.39, 0.29) is 17.5 Å². The number of benzene rings is 3. The molecule has 3 aromatic rings. The molecule has 1 saturated heterocycles. The highest BCUT2D eigenvalue weighted by Gasteiger charge is 2.52. The van der Waals surface area contributed by atoms with Gasteiger partial charge in [0, 0.05) is 12.1 Å². The fourth-order valence-electron chi connectivity index (χ4n) is 4.25. The second-order valence-electron chi connectivity index (χ2n) is 7.84. The van der Waals surface area contributed by atoms with Gasteiger partial charge in [0.05, 0.1) is 5.92 Å². The summed E-state index contributed by atoms with van der Waals surface area (Å²) in [5.41, 5.74) is 1.86. The number of hydrogen-bond donors (Lipinski definition) is 3. The van der Waals surface area contributed by atoms with E-state index in [0.29, 0.717) is 18.5 Å². The first kappa shape index (κ1) is 21.2. The van der Waals surface area contributed by atoms with Crippen LogP contribution in [0.1, 0.15) is 27.0 Å². The van der Waals surface area contributed by atoms with Gasteiger partial charge in [-0.05, 0) is 35.2 Å². The number of amidine groups is 1. The van der Waals surface area contributed by atoms with Gasteiger partial charge in [0.25, 0.3) is 5.91 Å². The molecule has 1 fully saturated rings. The van der Waals surface area contributed by atoms with E-state index < -0.39 is 11.5 Å². The van der Waals surface area contributed by atoms with Crippen LogP contribution in [0.3, 0.4) is 0 Å². The zero-order valence-corrected chi connectivity index (χ0v) is 17.7. The second kappa shape index (κ2) is 9.02. The van der Waals surface area contributed by atoms with Crippen molar-refractivity contribution in [2.75, 3.05) is 6.54 Å². The number of carbonyl (C=O) groups is 2. The van der Waals surface area contributed by atoms with Gasteiger partial charge in [0.15, 0.2) is 5.78 Å². The minimum atomic E-state index is -1.11. The molecule has 3 N–H and O–H groups in total. The predicted molar refractivity (Wildman–Crippen MR) is 126 cm³/mol. The van der Waals surface area contributed by atoms with E-state index in [1.54, 1.807) is 24.3 Å². The van der Waals surface area contributed by atoms with Crippen LogP contribution < -0.4 is 10.6 Å². The van der Waals surface area contributed by atoms with Crippen LogP contribution in [-0.4, -0.2) is 24.1 Å². The van der Waals surface area contributed by atoms with Crippen LogP contribution in [0, 0.1) is 11.3 Å². The van der Waals surface area contributed by atoms with E-state index in [1.807, 2.05) is 66.7 Å². The molecule has 4 rings (SSSR count). The highest BCUT2D eigenvalue weighted by Crippen LogP contribution is 2.38. The molecule has 0 aliphatic carbocycles. The number of hydrogen-bond acceptors (Lipinski definition) is 3. The van der Waals surface area contributed by atoms with E-state index >= 15 is 0 Å². The summed E-state index contributed by atoms with van der Waals surface area (Å²) in [5, 5.41) is 14.6. The van der Waals surface area contributed by atoms with Crippen LogP contribution in [0.4, 0.5) is 0 Å². The van der Waals surface area contributed by atoms with Crippen LogP contribution in [0.25, 0.3) is 0 Å². The average Bonchev–Trinajstić information content (AvgIpc) is 3.09. The Kier molecular flexibility index (Phi) is 5.99. The Hall–Kier alpha value is -3.99. The van der Waals surface area contributed by atoms with Crippen molar-refractivity contribution in [1.82, 2.24) is 10.6 Å². The van der Waals surface area contributed by atoms with Gasteiger partial charge >= 0.3 is 0 Å². The monoisotopic (exact) mass is 423 g/mol. The van der Waals surface area contributed by atoms with Crippen LogP contribution in [-0.2, 0) is 16.8 Å². The van der Waals surface area contributed by atoms with Gasteiger partial charge in [0.2, 0.25) is 0 Å². The van der Waals surface area contributed by atoms with Gasteiger partial charge in [0.1, 0.15) is 11.4 Å². The standard InChI is InChI=1S/C27H25N3O2/c1-2-16-29-26(32)20-11-9-10-19(17-20)18-23-24(31)27(30-25(23)28,21-12-5-3-6-13-21)22-14-7-4-8-15-22/h2-15,17,23H,1,16,18H2,(H2,28,30)(H,29,32). The SMILES string of the molecule is C=CCNC(=O)c1cccc(CC2C(=N)NC(c3ccccc3)(c3ccccc3)C2=O)c1. The zero-order chi connectivity index (χ0) is 22.6. The van der Waals surface area contributed by atoms with Gasteiger partial charge in [-0.25, -0.2) is 0 Å². The largest absolute Gasteiger partial charge is 0.354 e. The van der Waals surface area contributed by atoms with E-state index in [1.165, 1.54) is 0 Å². The summed E-state index contributed by atoms with van der Waals surface area (Å²) in [6, 6.07) is 26.3. The third-order valence-electron chi connectivity index (χ3n) is 5.81. The lowest BCUT2D eigenvalue weighted by Gasteiger charge is -2.29. The number of nitrogens with one attached hydrogen (secondary N) is 3. The van der Waals surface area contributed by atoms with Crippen molar-refractivity contribution in [1.29, 1.82) is 5.41 Å². The van der Waals surface area contributed by atoms with Crippen LogP contribution >= 0.6 is 0 Å². The number of ketones is 1. The van der Waals surface area contributed by atoms with Crippen molar-refractivity contribution in [3.05, 3.63) is 120 Å². The topological polar surface area (TPSA) is 82.1 Å². The van der Waals surface area contributed by atoms with E-state index in [0.717, 1.165) is 16.7 Å². The molecule has 1 aliphatic rings. The maximum absolute atomic E-state index is 13.9. The Morgan fingerprint density at radius 3 is 2.22 bits per heavy atom. The third-order valence-corrected chi connectivity index (χ3v) is 5.81. The molecule has 0 aromatic heterocycles. The summed E-state index contributed by atoms with van der Waals surface area (Å²) < 4.78 is 0. The van der Waals surface area contributed by atoms with Crippen molar-refractivity contribution in [2.45, 2.75) is 12.0 Å². The minimum absolute atomic E-state index is 0.0681. The van der Waals surface area contributed by atoms with Crippen LogP contribution in [0.2, 0.25) is 0 Å². The van der Waals surface area contributed by atoms with Gasteiger partial charge in [-0.3, -0.25) is 15.0 Å². The first-order valence-corrected chi connectivity index (χ1v) is 10.6. The van der Waals surface area contributed by atoms with Gasteiger partial charge in [-0.15, -0.1) is 6.58 Å². The fraction of sp³-hybridized carbons (Fsp3) is 0.148. The molecule has 1 unspecified atom stereocenters. The number of Topliss-reactive ketones (excluding diaryl/α,β-unsaturated/α-hetero) is 1. The van der Waals surface area contributed by atoms with Crippen molar-refractivity contribution in [3.63, 3.8) is 0 Å².